The summed E-state index contributed by atoms with van der Waals surface area (Å²) in [6.07, 6.45) is 3.38. The monoisotopic (exact) mass is 495 g/mol. The molecule has 10 heteroatoms. The summed E-state index contributed by atoms with van der Waals surface area (Å²) >= 11 is 1.27. The molecule has 9 nitrogen and oxygen atoms in total. The van der Waals surface area contributed by atoms with Crippen LogP contribution in [0.3, 0.4) is 0 Å². The Balaban J connectivity index is 1.52. The highest BCUT2D eigenvalue weighted by Crippen LogP contribution is 2.39. The first kappa shape index (κ1) is 24.5. The number of ether oxygens (including phenoxy) is 2. The first-order chi connectivity index (χ1) is 17.0. The third kappa shape index (κ3) is 4.94. The summed E-state index contributed by atoms with van der Waals surface area (Å²) in [5.74, 6) is 0.714. The zero-order valence-corrected chi connectivity index (χ0v) is 21.1. The number of pyridine rings is 1. The number of carbonyl (C=O) groups excluding carboxylic acids is 2. The van der Waals surface area contributed by atoms with Crippen LogP contribution in [-0.2, 0) is 6.54 Å². The molecule has 0 fully saturated rings. The lowest BCUT2D eigenvalue weighted by atomic mass is 10.1. The van der Waals surface area contributed by atoms with Crippen molar-refractivity contribution in [2.75, 3.05) is 56.0 Å². The highest BCUT2D eigenvalue weighted by atomic mass is 32.1. The quantitative estimate of drug-likeness (QED) is 0.444. The second kappa shape index (κ2) is 10.7. The van der Waals surface area contributed by atoms with Gasteiger partial charge >= 0.3 is 0 Å². The molecular formula is C25H29N5O4S. The molecule has 0 atom stereocenters. The van der Waals surface area contributed by atoms with E-state index in [1.54, 1.807) is 49.7 Å². The topological polar surface area (TPSA) is 96.0 Å². The van der Waals surface area contributed by atoms with E-state index >= 15 is 0 Å². The molecule has 0 unspecified atom stereocenters. The summed E-state index contributed by atoms with van der Waals surface area (Å²) in [5, 5.41) is 6.84. The molecule has 2 N–H and O–H groups in total. The first-order valence-electron chi connectivity index (χ1n) is 11.3. The maximum absolute atomic E-state index is 13.1. The van der Waals surface area contributed by atoms with E-state index in [0.717, 1.165) is 30.9 Å². The minimum atomic E-state index is -0.243. The Morgan fingerprint density at radius 3 is 2.69 bits per heavy atom. The van der Waals surface area contributed by atoms with Gasteiger partial charge < -0.3 is 25.0 Å². The number of methoxy groups -OCH3 is 2. The number of likely N-dealkylation sites (N-methyl/N-ethyl adjacent to an activating group) is 2. The van der Waals surface area contributed by atoms with Gasteiger partial charge in [-0.1, -0.05) is 0 Å². The van der Waals surface area contributed by atoms with Gasteiger partial charge in [0.25, 0.3) is 11.8 Å². The van der Waals surface area contributed by atoms with Crippen LogP contribution in [0.2, 0.25) is 0 Å². The van der Waals surface area contributed by atoms with Crippen LogP contribution in [0.25, 0.3) is 0 Å². The molecule has 0 spiro atoms. The Kier molecular flexibility index (Phi) is 7.52. The molecule has 0 aliphatic carbocycles. The van der Waals surface area contributed by atoms with E-state index in [1.165, 1.54) is 11.3 Å². The van der Waals surface area contributed by atoms with Crippen molar-refractivity contribution in [3.63, 3.8) is 0 Å². The van der Waals surface area contributed by atoms with Crippen molar-refractivity contribution >= 4 is 39.5 Å². The molecule has 1 aliphatic heterocycles. The van der Waals surface area contributed by atoms with E-state index in [9.17, 15) is 9.59 Å². The molecule has 35 heavy (non-hydrogen) atoms. The highest BCUT2D eigenvalue weighted by Gasteiger charge is 2.31. The zero-order valence-electron chi connectivity index (χ0n) is 20.3. The average Bonchev–Trinajstić information content (AvgIpc) is 3.49. The van der Waals surface area contributed by atoms with Gasteiger partial charge in [-0.3, -0.25) is 19.5 Å². The lowest BCUT2D eigenvalue weighted by Crippen LogP contribution is -2.31. The van der Waals surface area contributed by atoms with Gasteiger partial charge in [0.05, 0.1) is 48.2 Å². The van der Waals surface area contributed by atoms with Gasteiger partial charge in [0, 0.05) is 31.4 Å². The molecule has 2 amide bonds. The van der Waals surface area contributed by atoms with Crippen LogP contribution in [0.15, 0.2) is 42.7 Å². The van der Waals surface area contributed by atoms with Crippen LogP contribution in [-0.4, -0.2) is 57.7 Å². The number of aromatic nitrogens is 1. The minimum absolute atomic E-state index is 0.132. The van der Waals surface area contributed by atoms with Crippen LogP contribution < -0.4 is 29.9 Å². The molecule has 0 bridgehead atoms. The Morgan fingerprint density at radius 2 is 1.97 bits per heavy atom. The lowest BCUT2D eigenvalue weighted by molar-refractivity contribution is 0.0994. The largest absolute Gasteiger partial charge is 0.493 e. The lowest BCUT2D eigenvalue weighted by Gasteiger charge is -2.25. The van der Waals surface area contributed by atoms with Crippen LogP contribution in [0, 0.1) is 0 Å². The number of thiophene rings is 1. The number of nitrogens with one attached hydrogen (secondary N) is 2. The van der Waals surface area contributed by atoms with Gasteiger partial charge in [-0.25, -0.2) is 0 Å². The van der Waals surface area contributed by atoms with Gasteiger partial charge in [0.15, 0.2) is 11.5 Å². The molecular weight excluding hydrogens is 466 g/mol. The third-order valence-corrected chi connectivity index (χ3v) is 7.00. The van der Waals surface area contributed by atoms with Crippen LogP contribution in [0.4, 0.5) is 16.4 Å². The SMILES string of the molecule is CCN(CCNC)c1ccncc1NC(=O)c1ccc(N2Cc3cc(OC)c(OC)cc3C2=O)s1. The van der Waals surface area contributed by atoms with Crippen molar-refractivity contribution in [2.24, 2.45) is 0 Å². The van der Waals surface area contributed by atoms with Gasteiger partial charge in [0.1, 0.15) is 0 Å². The predicted molar refractivity (Wildman–Crippen MR) is 138 cm³/mol. The Morgan fingerprint density at radius 1 is 1.20 bits per heavy atom. The molecule has 3 heterocycles. The van der Waals surface area contributed by atoms with Gasteiger partial charge in [-0.2, -0.15) is 0 Å². The molecule has 0 saturated heterocycles. The van der Waals surface area contributed by atoms with Crippen LogP contribution >= 0.6 is 11.3 Å². The second-order valence-corrected chi connectivity index (χ2v) is 8.99. The summed E-state index contributed by atoms with van der Waals surface area (Å²) in [6.45, 7) is 4.90. The summed E-state index contributed by atoms with van der Waals surface area (Å²) in [6, 6.07) is 8.96. The summed E-state index contributed by atoms with van der Waals surface area (Å²) in [7, 11) is 5.02. The van der Waals surface area contributed by atoms with Crippen molar-refractivity contribution in [3.05, 3.63) is 58.7 Å². The smallest absolute Gasteiger partial charge is 0.265 e. The zero-order chi connectivity index (χ0) is 24.9. The Labute approximate surface area is 208 Å². The van der Waals surface area contributed by atoms with Crippen molar-refractivity contribution in [2.45, 2.75) is 13.5 Å². The van der Waals surface area contributed by atoms with E-state index in [0.29, 0.717) is 39.2 Å². The number of carbonyl (C=O) groups is 2. The second-order valence-electron chi connectivity index (χ2n) is 7.92. The predicted octanol–water partition coefficient (Wildman–Crippen LogP) is 3.62. The van der Waals surface area contributed by atoms with Crippen LogP contribution in [0.1, 0.15) is 32.5 Å². The molecule has 184 valence electrons. The maximum Gasteiger partial charge on any atom is 0.265 e. The number of nitrogens with zero attached hydrogens (tertiary/aromatic N) is 3. The van der Waals surface area contributed by atoms with Crippen molar-refractivity contribution in [1.82, 2.24) is 10.3 Å². The van der Waals surface area contributed by atoms with Crippen LogP contribution in [0.5, 0.6) is 11.5 Å². The van der Waals surface area contributed by atoms with Crippen molar-refractivity contribution < 1.29 is 19.1 Å². The highest BCUT2D eigenvalue weighted by molar-refractivity contribution is 7.18. The standard InChI is InChI=1S/C25H29N5O4S/c1-5-29(11-10-26-2)19-8-9-27-14-18(19)28-24(31)22-6-7-23(35-22)30-15-16-12-20(33-3)21(34-4)13-17(16)25(30)32/h6-9,12-14,26H,5,10-11,15H2,1-4H3,(H,28,31). The van der Waals surface area contributed by atoms with E-state index in [-0.39, 0.29) is 11.8 Å². The average molecular weight is 496 g/mol. The number of hydrogen-bond acceptors (Lipinski definition) is 8. The number of fused-ring (bicyclic) bond motifs is 1. The van der Waals surface area contributed by atoms with E-state index < -0.39 is 0 Å². The molecule has 1 aliphatic rings. The van der Waals surface area contributed by atoms with E-state index in [1.807, 2.05) is 19.2 Å². The fourth-order valence-electron chi connectivity index (χ4n) is 4.05. The Bertz CT molecular complexity index is 1230. The fraction of sp³-hybridized carbons (Fsp3) is 0.320. The van der Waals surface area contributed by atoms with Gasteiger partial charge in [-0.15, -0.1) is 11.3 Å². The molecule has 1 aromatic carbocycles. The van der Waals surface area contributed by atoms with E-state index in [2.05, 4.69) is 27.4 Å². The maximum atomic E-state index is 13.1. The molecule has 0 radical (unpaired) electrons. The van der Waals surface area contributed by atoms with Gasteiger partial charge in [-0.05, 0) is 49.9 Å². The summed E-state index contributed by atoms with van der Waals surface area (Å²) < 4.78 is 10.7. The fourth-order valence-corrected chi connectivity index (χ4v) is 4.95. The Hall–Kier alpha value is -3.63. The normalized spacial score (nSPS) is 12.5. The van der Waals surface area contributed by atoms with Gasteiger partial charge in [0.2, 0.25) is 0 Å². The summed E-state index contributed by atoms with van der Waals surface area (Å²) in [4.78, 5) is 34.7. The number of benzene rings is 1. The van der Waals surface area contributed by atoms with Crippen molar-refractivity contribution in [1.29, 1.82) is 0 Å². The number of anilines is 3. The molecule has 3 aromatic rings. The summed E-state index contributed by atoms with van der Waals surface area (Å²) in [5.41, 5.74) is 2.99. The van der Waals surface area contributed by atoms with E-state index in [4.69, 9.17) is 9.47 Å². The number of amides is 2. The molecule has 4 rings (SSSR count). The number of rotatable bonds is 10. The van der Waals surface area contributed by atoms with Crippen molar-refractivity contribution in [3.8, 4) is 11.5 Å². The third-order valence-electron chi connectivity index (χ3n) is 5.90. The molecule has 0 saturated carbocycles. The minimum Gasteiger partial charge on any atom is -0.493 e. The first-order valence-corrected chi connectivity index (χ1v) is 12.1. The molecule has 2 aromatic heterocycles. The number of hydrogen-bond donors (Lipinski definition) is 2.